The Bertz CT molecular complexity index is 925. The highest BCUT2D eigenvalue weighted by molar-refractivity contribution is 5.87. The lowest BCUT2D eigenvalue weighted by Gasteiger charge is -2.15. The number of tetrazole rings is 1. The first-order valence-corrected chi connectivity index (χ1v) is 8.39. The van der Waals surface area contributed by atoms with Gasteiger partial charge in [-0.1, -0.05) is 30.3 Å². The number of amides is 1. The summed E-state index contributed by atoms with van der Waals surface area (Å²) < 4.78 is 13.0. The van der Waals surface area contributed by atoms with Crippen LogP contribution in [0.3, 0.4) is 0 Å². The highest BCUT2D eigenvalue weighted by Crippen LogP contribution is 2.13. The fourth-order valence-corrected chi connectivity index (χ4v) is 2.54. The maximum absolute atomic E-state index is 13.0. The molecular formula is C19H18FN5O2. The highest BCUT2D eigenvalue weighted by Gasteiger charge is 2.18. The Morgan fingerprint density at radius 1 is 1.11 bits per heavy atom. The molecule has 0 aliphatic carbocycles. The summed E-state index contributed by atoms with van der Waals surface area (Å²) >= 11 is 0. The summed E-state index contributed by atoms with van der Waals surface area (Å²) in [6.45, 7) is 1.26. The van der Waals surface area contributed by atoms with Crippen molar-refractivity contribution in [2.24, 2.45) is 0 Å². The predicted octanol–water partition coefficient (Wildman–Crippen LogP) is 1.80. The zero-order chi connectivity index (χ0) is 19.2. The lowest BCUT2D eigenvalue weighted by Crippen LogP contribution is -2.43. The highest BCUT2D eigenvalue weighted by atomic mass is 19.1. The molecule has 1 atom stereocenters. The number of aromatic nitrogens is 4. The van der Waals surface area contributed by atoms with Crippen molar-refractivity contribution in [1.82, 2.24) is 25.5 Å². The van der Waals surface area contributed by atoms with Gasteiger partial charge in [0.15, 0.2) is 5.78 Å². The van der Waals surface area contributed by atoms with Crippen molar-refractivity contribution in [3.8, 4) is 11.4 Å². The molecule has 1 amide bonds. The fraction of sp³-hybridized carbons (Fsp3) is 0.211. The van der Waals surface area contributed by atoms with E-state index in [2.05, 4.69) is 20.7 Å². The number of ketones is 1. The predicted molar refractivity (Wildman–Crippen MR) is 96.0 cm³/mol. The van der Waals surface area contributed by atoms with Gasteiger partial charge in [0.25, 0.3) is 0 Å². The summed E-state index contributed by atoms with van der Waals surface area (Å²) in [5.41, 5.74) is 1.55. The molecule has 0 radical (unpaired) electrons. The molecule has 0 aliphatic rings. The van der Waals surface area contributed by atoms with Crippen LogP contribution >= 0.6 is 0 Å². The Labute approximate surface area is 155 Å². The minimum atomic E-state index is -0.625. The lowest BCUT2D eigenvalue weighted by atomic mass is 10.0. The van der Waals surface area contributed by atoms with Gasteiger partial charge < -0.3 is 5.32 Å². The van der Waals surface area contributed by atoms with Crippen LogP contribution in [-0.4, -0.2) is 37.9 Å². The molecule has 138 valence electrons. The molecule has 0 bridgehead atoms. The van der Waals surface area contributed by atoms with E-state index in [0.29, 0.717) is 12.0 Å². The molecule has 0 spiro atoms. The van der Waals surface area contributed by atoms with E-state index in [4.69, 9.17) is 0 Å². The van der Waals surface area contributed by atoms with Crippen molar-refractivity contribution in [3.05, 3.63) is 66.0 Å². The number of halogens is 1. The first-order valence-electron chi connectivity index (χ1n) is 8.39. The van der Waals surface area contributed by atoms with Gasteiger partial charge in [-0.15, -0.1) is 10.2 Å². The molecule has 0 saturated carbocycles. The minimum absolute atomic E-state index is 0.134. The molecule has 27 heavy (non-hydrogen) atoms. The molecule has 0 aliphatic heterocycles. The molecule has 3 rings (SSSR count). The minimum Gasteiger partial charge on any atom is -0.344 e. The zero-order valence-corrected chi connectivity index (χ0v) is 14.7. The Morgan fingerprint density at radius 3 is 2.48 bits per heavy atom. The van der Waals surface area contributed by atoms with E-state index in [1.807, 2.05) is 30.3 Å². The van der Waals surface area contributed by atoms with Gasteiger partial charge in [-0.05, 0) is 48.4 Å². The Balaban J connectivity index is 1.62. The zero-order valence-electron chi connectivity index (χ0n) is 14.7. The monoisotopic (exact) mass is 367 g/mol. The van der Waals surface area contributed by atoms with Crippen LogP contribution in [0.4, 0.5) is 4.39 Å². The number of hydrogen-bond donors (Lipinski definition) is 1. The number of nitrogens with zero attached hydrogens (tertiary/aromatic N) is 4. The van der Waals surface area contributed by atoms with E-state index >= 15 is 0 Å². The first-order chi connectivity index (χ1) is 13.0. The van der Waals surface area contributed by atoms with Crippen molar-refractivity contribution in [2.45, 2.75) is 25.9 Å². The van der Waals surface area contributed by atoms with E-state index in [0.717, 1.165) is 10.4 Å². The second-order valence-corrected chi connectivity index (χ2v) is 6.07. The number of Topliss-reactive ketones (excluding diaryl/α,β-unsaturated/α-hetero) is 1. The summed E-state index contributed by atoms with van der Waals surface area (Å²) in [6, 6.07) is 14.5. The van der Waals surface area contributed by atoms with Gasteiger partial charge in [0.2, 0.25) is 11.7 Å². The second kappa shape index (κ2) is 8.31. The van der Waals surface area contributed by atoms with Crippen molar-refractivity contribution in [2.75, 3.05) is 0 Å². The smallest absolute Gasteiger partial charge is 0.244 e. The van der Waals surface area contributed by atoms with Crippen molar-refractivity contribution < 1.29 is 14.0 Å². The van der Waals surface area contributed by atoms with Crippen LogP contribution in [0.15, 0.2) is 54.6 Å². The van der Waals surface area contributed by atoms with Crippen LogP contribution < -0.4 is 5.32 Å². The van der Waals surface area contributed by atoms with Crippen LogP contribution in [0, 0.1) is 5.82 Å². The Kier molecular flexibility index (Phi) is 5.65. The third-order valence-corrected chi connectivity index (χ3v) is 3.95. The molecule has 1 N–H and O–H groups in total. The van der Waals surface area contributed by atoms with Crippen LogP contribution in [-0.2, 0) is 22.6 Å². The molecule has 8 heteroatoms. The third kappa shape index (κ3) is 5.04. The molecule has 0 saturated heterocycles. The molecule has 1 aromatic heterocycles. The number of rotatable bonds is 7. The van der Waals surface area contributed by atoms with E-state index < -0.39 is 11.9 Å². The maximum atomic E-state index is 13.0. The average Bonchev–Trinajstić information content (AvgIpc) is 3.11. The van der Waals surface area contributed by atoms with Crippen LogP contribution in [0.1, 0.15) is 12.5 Å². The molecule has 3 aromatic rings. The van der Waals surface area contributed by atoms with Crippen LogP contribution in [0.2, 0.25) is 0 Å². The van der Waals surface area contributed by atoms with Gasteiger partial charge in [-0.2, -0.15) is 4.80 Å². The first kappa shape index (κ1) is 18.4. The van der Waals surface area contributed by atoms with Gasteiger partial charge in [0.1, 0.15) is 12.4 Å². The molecule has 1 heterocycles. The van der Waals surface area contributed by atoms with Gasteiger partial charge >= 0.3 is 0 Å². The van der Waals surface area contributed by atoms with Crippen molar-refractivity contribution in [3.63, 3.8) is 0 Å². The summed E-state index contributed by atoms with van der Waals surface area (Å²) in [6.07, 6.45) is 0.410. The summed E-state index contributed by atoms with van der Waals surface area (Å²) in [5, 5.41) is 14.5. The standard InChI is InChI=1S/C19H18FN5O2/c1-13(26)17(11-14-5-3-2-4-6-14)21-18(27)12-25-23-19(22-24-25)15-7-9-16(20)10-8-15/h2-10,17H,11-12H2,1H3,(H,21,27)/t17-/m0/s1. The molecule has 7 nitrogen and oxygen atoms in total. The van der Waals surface area contributed by atoms with Gasteiger partial charge in [0, 0.05) is 5.56 Å². The van der Waals surface area contributed by atoms with Gasteiger partial charge in [-0.25, -0.2) is 4.39 Å². The number of nitrogens with one attached hydrogen (secondary N) is 1. The topological polar surface area (TPSA) is 89.8 Å². The van der Waals surface area contributed by atoms with E-state index in [9.17, 15) is 14.0 Å². The van der Waals surface area contributed by atoms with Crippen LogP contribution in [0.25, 0.3) is 11.4 Å². The average molecular weight is 367 g/mol. The quantitative estimate of drug-likeness (QED) is 0.688. The molecule has 0 fully saturated rings. The van der Waals surface area contributed by atoms with E-state index in [1.54, 1.807) is 0 Å². The summed E-state index contributed by atoms with van der Waals surface area (Å²) in [5.74, 6) is -0.602. The number of carbonyl (C=O) groups excluding carboxylic acids is 2. The van der Waals surface area contributed by atoms with E-state index in [1.165, 1.54) is 31.2 Å². The summed E-state index contributed by atoms with van der Waals surface area (Å²) in [7, 11) is 0. The van der Waals surface area contributed by atoms with Crippen molar-refractivity contribution >= 4 is 11.7 Å². The normalized spacial score (nSPS) is 11.8. The van der Waals surface area contributed by atoms with Crippen LogP contribution in [0.5, 0.6) is 0 Å². The largest absolute Gasteiger partial charge is 0.344 e. The number of carbonyl (C=O) groups is 2. The number of benzene rings is 2. The SMILES string of the molecule is CC(=O)[C@H](Cc1ccccc1)NC(=O)Cn1nnc(-c2ccc(F)cc2)n1. The van der Waals surface area contributed by atoms with Crippen molar-refractivity contribution in [1.29, 1.82) is 0 Å². The Hall–Kier alpha value is -3.42. The van der Waals surface area contributed by atoms with E-state index in [-0.39, 0.29) is 24.0 Å². The molecule has 0 unspecified atom stereocenters. The molecule has 2 aromatic carbocycles. The van der Waals surface area contributed by atoms with Gasteiger partial charge in [0.05, 0.1) is 6.04 Å². The Morgan fingerprint density at radius 2 is 1.81 bits per heavy atom. The molecular weight excluding hydrogens is 349 g/mol. The summed E-state index contributed by atoms with van der Waals surface area (Å²) in [4.78, 5) is 25.3. The second-order valence-electron chi connectivity index (χ2n) is 6.07. The fourth-order valence-electron chi connectivity index (χ4n) is 2.54. The third-order valence-electron chi connectivity index (χ3n) is 3.95. The lowest BCUT2D eigenvalue weighted by molar-refractivity contribution is -0.127. The van der Waals surface area contributed by atoms with Gasteiger partial charge in [-0.3, -0.25) is 9.59 Å². The number of hydrogen-bond acceptors (Lipinski definition) is 5. The maximum Gasteiger partial charge on any atom is 0.244 e.